The summed E-state index contributed by atoms with van der Waals surface area (Å²) >= 11 is 12.1. The Hall–Kier alpha value is -2.76. The zero-order chi connectivity index (χ0) is 17.8. The number of benzene rings is 2. The molecule has 0 fully saturated rings. The first kappa shape index (κ1) is 17.1. The van der Waals surface area contributed by atoms with Crippen molar-refractivity contribution in [3.8, 4) is 17.1 Å². The van der Waals surface area contributed by atoms with Crippen LogP contribution in [-0.4, -0.2) is 17.2 Å². The summed E-state index contributed by atoms with van der Waals surface area (Å²) in [5, 5.41) is 14.1. The molecule has 1 heterocycles. The molecule has 126 valence electrons. The topological polar surface area (TPSA) is 74.8 Å². The maximum Gasteiger partial charge on any atom is 0.271 e. The lowest BCUT2D eigenvalue weighted by Gasteiger charge is -2.01. The third-order valence-corrected chi connectivity index (χ3v) is 3.87. The number of carbonyl (C=O) groups is 1. The molecule has 2 N–H and O–H groups in total. The molecular weight excluding hydrogens is 363 g/mol. The standard InChI is InChI=1S/C18H12Cl2N2O3/c19-12-3-7-16(20)15(9-12)17-8-6-14(25-17)10-21-22-18(24)11-1-4-13(23)5-2-11/h1-10,23H,(H,22,24)/b21-10-. The van der Waals surface area contributed by atoms with E-state index in [2.05, 4.69) is 10.5 Å². The predicted molar refractivity (Wildman–Crippen MR) is 97.3 cm³/mol. The first-order chi connectivity index (χ1) is 12.0. The first-order valence-electron chi connectivity index (χ1n) is 7.20. The second-order valence-electron chi connectivity index (χ2n) is 5.07. The summed E-state index contributed by atoms with van der Waals surface area (Å²) in [6.45, 7) is 0. The molecule has 0 aliphatic rings. The lowest BCUT2D eigenvalue weighted by atomic mass is 10.2. The first-order valence-corrected chi connectivity index (χ1v) is 7.96. The van der Waals surface area contributed by atoms with Gasteiger partial charge in [0, 0.05) is 16.1 Å². The smallest absolute Gasteiger partial charge is 0.271 e. The van der Waals surface area contributed by atoms with Crippen molar-refractivity contribution < 1.29 is 14.3 Å². The Morgan fingerprint density at radius 2 is 1.84 bits per heavy atom. The number of carbonyl (C=O) groups excluding carboxylic acids is 1. The summed E-state index contributed by atoms with van der Waals surface area (Å²) in [6, 6.07) is 14.3. The van der Waals surface area contributed by atoms with Gasteiger partial charge in [0.1, 0.15) is 17.3 Å². The van der Waals surface area contributed by atoms with E-state index in [4.69, 9.17) is 27.6 Å². The minimum atomic E-state index is -0.402. The van der Waals surface area contributed by atoms with Gasteiger partial charge < -0.3 is 9.52 Å². The Morgan fingerprint density at radius 1 is 1.08 bits per heavy atom. The molecule has 0 bridgehead atoms. The number of phenolic OH excluding ortho intramolecular Hbond substituents is 1. The van der Waals surface area contributed by atoms with Crippen molar-refractivity contribution >= 4 is 35.3 Å². The monoisotopic (exact) mass is 374 g/mol. The van der Waals surface area contributed by atoms with E-state index in [0.717, 1.165) is 0 Å². The number of phenols is 1. The molecule has 0 saturated heterocycles. The fourth-order valence-corrected chi connectivity index (χ4v) is 2.47. The van der Waals surface area contributed by atoms with Crippen LogP contribution in [-0.2, 0) is 0 Å². The Kier molecular flexibility index (Phi) is 5.07. The van der Waals surface area contributed by atoms with Gasteiger partial charge in [-0.15, -0.1) is 0 Å². The Balaban J connectivity index is 1.69. The van der Waals surface area contributed by atoms with Crippen molar-refractivity contribution in [1.82, 2.24) is 5.43 Å². The van der Waals surface area contributed by atoms with E-state index in [-0.39, 0.29) is 5.75 Å². The molecule has 1 amide bonds. The Bertz CT molecular complexity index is 934. The van der Waals surface area contributed by atoms with Crippen LogP contribution in [0.5, 0.6) is 5.75 Å². The van der Waals surface area contributed by atoms with Gasteiger partial charge in [-0.25, -0.2) is 5.43 Å². The van der Waals surface area contributed by atoms with E-state index in [1.807, 2.05) is 0 Å². The number of nitrogens with one attached hydrogen (secondary N) is 1. The maximum absolute atomic E-state index is 11.9. The number of halogens is 2. The average Bonchev–Trinajstić information content (AvgIpc) is 3.06. The second-order valence-corrected chi connectivity index (χ2v) is 5.92. The van der Waals surface area contributed by atoms with Crippen LogP contribution < -0.4 is 5.43 Å². The third kappa shape index (κ3) is 4.21. The molecule has 0 unspecified atom stereocenters. The molecule has 3 rings (SSSR count). The normalized spacial score (nSPS) is 11.0. The van der Waals surface area contributed by atoms with Gasteiger partial charge in [0.25, 0.3) is 5.91 Å². The van der Waals surface area contributed by atoms with Gasteiger partial charge >= 0.3 is 0 Å². The SMILES string of the molecule is O=C(N/N=C\c1ccc(-c2cc(Cl)ccc2Cl)o1)c1ccc(O)cc1. The highest BCUT2D eigenvalue weighted by Crippen LogP contribution is 2.31. The molecule has 5 nitrogen and oxygen atoms in total. The fraction of sp³-hybridized carbons (Fsp3) is 0. The average molecular weight is 375 g/mol. The highest BCUT2D eigenvalue weighted by molar-refractivity contribution is 6.35. The molecule has 0 radical (unpaired) electrons. The van der Waals surface area contributed by atoms with Crippen LogP contribution in [0.1, 0.15) is 16.1 Å². The summed E-state index contributed by atoms with van der Waals surface area (Å²) in [5.41, 5.74) is 3.42. The number of hydrazone groups is 1. The lowest BCUT2D eigenvalue weighted by Crippen LogP contribution is -2.17. The molecule has 2 aromatic carbocycles. The van der Waals surface area contributed by atoms with Gasteiger partial charge in [0.15, 0.2) is 0 Å². The summed E-state index contributed by atoms with van der Waals surface area (Å²) in [6.07, 6.45) is 1.38. The molecule has 7 heteroatoms. The lowest BCUT2D eigenvalue weighted by molar-refractivity contribution is 0.0955. The quantitative estimate of drug-likeness (QED) is 0.512. The summed E-state index contributed by atoms with van der Waals surface area (Å²) in [5.74, 6) is 0.666. The van der Waals surface area contributed by atoms with E-state index in [1.54, 1.807) is 30.3 Å². The van der Waals surface area contributed by atoms with Gasteiger partial charge in [0.2, 0.25) is 0 Å². The summed E-state index contributed by atoms with van der Waals surface area (Å²) in [4.78, 5) is 11.9. The van der Waals surface area contributed by atoms with Crippen LogP contribution in [0.4, 0.5) is 0 Å². The molecule has 0 aliphatic heterocycles. The number of hydrogen-bond acceptors (Lipinski definition) is 4. The predicted octanol–water partition coefficient (Wildman–Crippen LogP) is 4.72. The van der Waals surface area contributed by atoms with Crippen molar-refractivity contribution in [2.75, 3.05) is 0 Å². The van der Waals surface area contributed by atoms with Gasteiger partial charge in [-0.3, -0.25) is 4.79 Å². The van der Waals surface area contributed by atoms with Gasteiger partial charge in [-0.1, -0.05) is 23.2 Å². The largest absolute Gasteiger partial charge is 0.508 e. The van der Waals surface area contributed by atoms with E-state index >= 15 is 0 Å². The number of amides is 1. The Labute approximate surface area is 153 Å². The van der Waals surface area contributed by atoms with Crippen molar-refractivity contribution in [3.05, 3.63) is 76.0 Å². The van der Waals surface area contributed by atoms with Crippen molar-refractivity contribution in [2.24, 2.45) is 5.10 Å². The zero-order valence-electron chi connectivity index (χ0n) is 12.7. The third-order valence-electron chi connectivity index (χ3n) is 3.31. The Morgan fingerprint density at radius 3 is 2.60 bits per heavy atom. The highest BCUT2D eigenvalue weighted by atomic mass is 35.5. The molecule has 3 aromatic rings. The number of nitrogens with zero attached hydrogens (tertiary/aromatic N) is 1. The molecular formula is C18H12Cl2N2O3. The van der Waals surface area contributed by atoms with Crippen molar-refractivity contribution in [1.29, 1.82) is 0 Å². The number of rotatable bonds is 4. The molecule has 1 aromatic heterocycles. The van der Waals surface area contributed by atoms with Gasteiger partial charge in [-0.05, 0) is 54.6 Å². The van der Waals surface area contributed by atoms with Crippen LogP contribution in [0.3, 0.4) is 0 Å². The minimum Gasteiger partial charge on any atom is -0.508 e. The zero-order valence-corrected chi connectivity index (χ0v) is 14.3. The van der Waals surface area contributed by atoms with Crippen LogP contribution >= 0.6 is 23.2 Å². The molecule has 0 atom stereocenters. The van der Waals surface area contributed by atoms with Crippen LogP contribution in [0.2, 0.25) is 10.0 Å². The second kappa shape index (κ2) is 7.42. The van der Waals surface area contributed by atoms with Crippen molar-refractivity contribution in [2.45, 2.75) is 0 Å². The van der Waals surface area contributed by atoms with E-state index < -0.39 is 5.91 Å². The van der Waals surface area contributed by atoms with Crippen LogP contribution in [0.15, 0.2) is 64.1 Å². The number of furan rings is 1. The summed E-state index contributed by atoms with van der Waals surface area (Å²) in [7, 11) is 0. The van der Waals surface area contributed by atoms with E-state index in [0.29, 0.717) is 32.7 Å². The molecule has 0 spiro atoms. The van der Waals surface area contributed by atoms with Crippen LogP contribution in [0, 0.1) is 0 Å². The van der Waals surface area contributed by atoms with E-state index in [1.165, 1.54) is 30.5 Å². The molecule has 0 saturated carbocycles. The maximum atomic E-state index is 11.9. The molecule has 25 heavy (non-hydrogen) atoms. The minimum absolute atomic E-state index is 0.0860. The summed E-state index contributed by atoms with van der Waals surface area (Å²) < 4.78 is 5.63. The van der Waals surface area contributed by atoms with Crippen molar-refractivity contribution in [3.63, 3.8) is 0 Å². The molecule has 0 aliphatic carbocycles. The number of hydrogen-bond donors (Lipinski definition) is 2. The van der Waals surface area contributed by atoms with Gasteiger partial charge in [-0.2, -0.15) is 5.10 Å². The van der Waals surface area contributed by atoms with Crippen LogP contribution in [0.25, 0.3) is 11.3 Å². The van der Waals surface area contributed by atoms with Gasteiger partial charge in [0.05, 0.1) is 11.2 Å². The van der Waals surface area contributed by atoms with E-state index in [9.17, 15) is 9.90 Å². The fourth-order valence-electron chi connectivity index (χ4n) is 2.09. The highest BCUT2D eigenvalue weighted by Gasteiger charge is 2.09. The number of aromatic hydroxyl groups is 1.